The minimum atomic E-state index is -0.425. The summed E-state index contributed by atoms with van der Waals surface area (Å²) in [7, 11) is 0. The zero-order chi connectivity index (χ0) is 14.5. The molecule has 1 aromatic carbocycles. The van der Waals surface area contributed by atoms with Crippen molar-refractivity contribution in [1.82, 2.24) is 5.32 Å². The molecule has 21 heavy (non-hydrogen) atoms. The summed E-state index contributed by atoms with van der Waals surface area (Å²) in [6.45, 7) is 1.29. The average Bonchev–Trinajstić information content (AvgIpc) is 3.04. The smallest absolute Gasteiger partial charge is 0.262 e. The lowest BCUT2D eigenvalue weighted by atomic mass is 10.0. The van der Waals surface area contributed by atoms with Gasteiger partial charge in [0.05, 0.1) is 12.2 Å². The lowest BCUT2D eigenvalue weighted by Gasteiger charge is -2.26. The minimum Gasteiger partial charge on any atom is -0.477 e. The SMILES string of the molecule is O=C(NCCCC1CCCC1)C1CNc2ccccc2O1. The van der Waals surface area contributed by atoms with E-state index in [9.17, 15) is 4.79 Å². The Morgan fingerprint density at radius 2 is 2.10 bits per heavy atom. The second-order valence-corrected chi connectivity index (χ2v) is 6.07. The van der Waals surface area contributed by atoms with Crippen LogP contribution < -0.4 is 15.4 Å². The second kappa shape index (κ2) is 6.83. The summed E-state index contributed by atoms with van der Waals surface area (Å²) in [4.78, 5) is 12.1. The van der Waals surface area contributed by atoms with E-state index in [0.29, 0.717) is 6.54 Å². The summed E-state index contributed by atoms with van der Waals surface area (Å²) in [5.41, 5.74) is 0.961. The van der Waals surface area contributed by atoms with Gasteiger partial charge in [0.2, 0.25) is 0 Å². The largest absolute Gasteiger partial charge is 0.477 e. The zero-order valence-corrected chi connectivity index (χ0v) is 12.4. The first-order valence-electron chi connectivity index (χ1n) is 8.10. The second-order valence-electron chi connectivity index (χ2n) is 6.07. The van der Waals surface area contributed by atoms with E-state index in [2.05, 4.69) is 10.6 Å². The molecule has 1 saturated carbocycles. The zero-order valence-electron chi connectivity index (χ0n) is 12.4. The van der Waals surface area contributed by atoms with Crippen molar-refractivity contribution in [2.75, 3.05) is 18.4 Å². The molecule has 114 valence electrons. The number of para-hydroxylation sites is 2. The number of anilines is 1. The van der Waals surface area contributed by atoms with Gasteiger partial charge in [-0.3, -0.25) is 4.79 Å². The number of ether oxygens (including phenoxy) is 1. The van der Waals surface area contributed by atoms with E-state index in [1.165, 1.54) is 32.1 Å². The van der Waals surface area contributed by atoms with E-state index >= 15 is 0 Å². The quantitative estimate of drug-likeness (QED) is 0.819. The van der Waals surface area contributed by atoms with Crippen molar-refractivity contribution < 1.29 is 9.53 Å². The highest BCUT2D eigenvalue weighted by Gasteiger charge is 2.25. The van der Waals surface area contributed by atoms with E-state index in [4.69, 9.17) is 4.74 Å². The Kier molecular flexibility index (Phi) is 4.63. The molecule has 1 fully saturated rings. The predicted molar refractivity (Wildman–Crippen MR) is 83.5 cm³/mol. The third kappa shape index (κ3) is 3.69. The molecule has 0 saturated heterocycles. The predicted octanol–water partition coefficient (Wildman–Crippen LogP) is 2.95. The van der Waals surface area contributed by atoms with E-state index in [1.807, 2.05) is 24.3 Å². The number of rotatable bonds is 5. The minimum absolute atomic E-state index is 0.0107. The van der Waals surface area contributed by atoms with Gasteiger partial charge in [0.25, 0.3) is 5.91 Å². The number of benzene rings is 1. The van der Waals surface area contributed by atoms with Gasteiger partial charge in [0, 0.05) is 6.54 Å². The van der Waals surface area contributed by atoms with E-state index in [1.54, 1.807) is 0 Å². The Morgan fingerprint density at radius 3 is 2.95 bits per heavy atom. The molecule has 1 unspecified atom stereocenters. The lowest BCUT2D eigenvalue weighted by Crippen LogP contribution is -2.45. The van der Waals surface area contributed by atoms with E-state index in [0.717, 1.165) is 30.3 Å². The number of carbonyl (C=O) groups is 1. The van der Waals surface area contributed by atoms with Crippen LogP contribution in [0.25, 0.3) is 0 Å². The molecule has 2 aliphatic rings. The summed E-state index contributed by atoms with van der Waals surface area (Å²) in [5.74, 6) is 1.64. The molecular formula is C17H24N2O2. The number of amides is 1. The Hall–Kier alpha value is -1.71. The van der Waals surface area contributed by atoms with Crippen LogP contribution in [0.2, 0.25) is 0 Å². The van der Waals surface area contributed by atoms with E-state index < -0.39 is 6.10 Å². The van der Waals surface area contributed by atoms with Crippen molar-refractivity contribution in [3.8, 4) is 5.75 Å². The molecule has 0 radical (unpaired) electrons. The molecule has 0 aromatic heterocycles. The van der Waals surface area contributed by atoms with Gasteiger partial charge in [0.1, 0.15) is 5.75 Å². The molecule has 1 aliphatic carbocycles. The van der Waals surface area contributed by atoms with Crippen LogP contribution in [0.3, 0.4) is 0 Å². The maximum absolute atomic E-state index is 12.1. The number of nitrogens with one attached hydrogen (secondary N) is 2. The monoisotopic (exact) mass is 288 g/mol. The van der Waals surface area contributed by atoms with Crippen LogP contribution in [-0.4, -0.2) is 25.1 Å². The Balaban J connectivity index is 1.40. The molecule has 4 nitrogen and oxygen atoms in total. The fourth-order valence-electron chi connectivity index (χ4n) is 3.27. The number of fused-ring (bicyclic) bond motifs is 1. The van der Waals surface area contributed by atoms with Crippen LogP contribution in [0.5, 0.6) is 5.75 Å². The number of hydrogen-bond acceptors (Lipinski definition) is 3. The van der Waals surface area contributed by atoms with Crippen molar-refractivity contribution in [3.05, 3.63) is 24.3 Å². The van der Waals surface area contributed by atoms with Crippen LogP contribution in [0, 0.1) is 5.92 Å². The molecule has 0 bridgehead atoms. The third-order valence-corrected chi connectivity index (χ3v) is 4.49. The van der Waals surface area contributed by atoms with Gasteiger partial charge < -0.3 is 15.4 Å². The van der Waals surface area contributed by atoms with Gasteiger partial charge in [-0.2, -0.15) is 0 Å². The van der Waals surface area contributed by atoms with Gasteiger partial charge in [-0.1, -0.05) is 37.8 Å². The molecule has 1 aliphatic heterocycles. The van der Waals surface area contributed by atoms with Crippen molar-refractivity contribution in [2.24, 2.45) is 5.92 Å². The maximum Gasteiger partial charge on any atom is 0.262 e. The fourth-order valence-corrected chi connectivity index (χ4v) is 3.27. The van der Waals surface area contributed by atoms with E-state index in [-0.39, 0.29) is 5.91 Å². The van der Waals surface area contributed by atoms with Crippen LogP contribution in [0.4, 0.5) is 5.69 Å². The van der Waals surface area contributed by atoms with Crippen LogP contribution in [-0.2, 0) is 4.79 Å². The van der Waals surface area contributed by atoms with Gasteiger partial charge >= 0.3 is 0 Å². The summed E-state index contributed by atoms with van der Waals surface area (Å²) < 4.78 is 5.75. The molecule has 1 atom stereocenters. The van der Waals surface area contributed by atoms with Gasteiger partial charge in [-0.15, -0.1) is 0 Å². The summed E-state index contributed by atoms with van der Waals surface area (Å²) >= 11 is 0. The molecular weight excluding hydrogens is 264 g/mol. The standard InChI is InChI=1S/C17H24N2O2/c20-17(18-11-5-8-13-6-1-2-7-13)16-12-19-14-9-3-4-10-15(14)21-16/h3-4,9-10,13,16,19H,1-2,5-8,11-12H2,(H,18,20). The fraction of sp³-hybridized carbons (Fsp3) is 0.588. The van der Waals surface area contributed by atoms with Crippen LogP contribution >= 0.6 is 0 Å². The van der Waals surface area contributed by atoms with Gasteiger partial charge in [0.15, 0.2) is 6.10 Å². The molecule has 2 N–H and O–H groups in total. The third-order valence-electron chi connectivity index (χ3n) is 4.49. The van der Waals surface area contributed by atoms with Crippen molar-refractivity contribution in [3.63, 3.8) is 0 Å². The molecule has 1 heterocycles. The highest BCUT2D eigenvalue weighted by Crippen LogP contribution is 2.29. The lowest BCUT2D eigenvalue weighted by molar-refractivity contribution is -0.127. The normalized spacial score (nSPS) is 21.2. The van der Waals surface area contributed by atoms with Crippen molar-refractivity contribution in [1.29, 1.82) is 0 Å². The molecule has 1 aromatic rings. The number of hydrogen-bond donors (Lipinski definition) is 2. The van der Waals surface area contributed by atoms with Crippen molar-refractivity contribution >= 4 is 11.6 Å². The molecule has 3 rings (SSSR count). The van der Waals surface area contributed by atoms with Gasteiger partial charge in [-0.05, 0) is 30.9 Å². The maximum atomic E-state index is 12.1. The van der Waals surface area contributed by atoms with Crippen LogP contribution in [0.1, 0.15) is 38.5 Å². The van der Waals surface area contributed by atoms with Gasteiger partial charge in [-0.25, -0.2) is 0 Å². The molecule has 4 heteroatoms. The first kappa shape index (κ1) is 14.2. The molecule has 0 spiro atoms. The summed E-state index contributed by atoms with van der Waals surface area (Å²) in [6.07, 6.45) is 7.42. The number of carbonyl (C=O) groups excluding carboxylic acids is 1. The summed E-state index contributed by atoms with van der Waals surface area (Å²) in [5, 5.41) is 6.25. The first-order chi connectivity index (χ1) is 10.3. The first-order valence-corrected chi connectivity index (χ1v) is 8.10. The van der Waals surface area contributed by atoms with Crippen molar-refractivity contribution in [2.45, 2.75) is 44.6 Å². The molecule has 1 amide bonds. The average molecular weight is 288 g/mol. The topological polar surface area (TPSA) is 50.4 Å². The highest BCUT2D eigenvalue weighted by atomic mass is 16.5. The van der Waals surface area contributed by atoms with Crippen LogP contribution in [0.15, 0.2) is 24.3 Å². The Labute approximate surface area is 126 Å². The Bertz CT molecular complexity index is 483. The summed E-state index contributed by atoms with van der Waals surface area (Å²) in [6, 6.07) is 7.73. The highest BCUT2D eigenvalue weighted by molar-refractivity contribution is 5.83. The Morgan fingerprint density at radius 1 is 1.29 bits per heavy atom.